The van der Waals surface area contributed by atoms with Gasteiger partial charge in [0.05, 0.1) is 5.02 Å². The first-order valence-electron chi connectivity index (χ1n) is 6.12. The lowest BCUT2D eigenvalue weighted by molar-refractivity contribution is 0.661. The molecule has 0 saturated carbocycles. The summed E-state index contributed by atoms with van der Waals surface area (Å²) in [4.78, 5) is 4.12. The minimum absolute atomic E-state index is 0.233. The fourth-order valence-corrected chi connectivity index (χ4v) is 1.77. The van der Waals surface area contributed by atoms with Gasteiger partial charge in [0.2, 0.25) is 0 Å². The van der Waals surface area contributed by atoms with Gasteiger partial charge in [0.1, 0.15) is 11.6 Å². The van der Waals surface area contributed by atoms with E-state index in [0.29, 0.717) is 11.4 Å². The van der Waals surface area contributed by atoms with Crippen LogP contribution in [-0.2, 0) is 0 Å². The summed E-state index contributed by atoms with van der Waals surface area (Å²) in [5.74, 6) is 0.511. The highest BCUT2D eigenvalue weighted by Crippen LogP contribution is 2.25. The van der Waals surface area contributed by atoms with E-state index in [9.17, 15) is 4.39 Å². The van der Waals surface area contributed by atoms with Gasteiger partial charge in [-0.05, 0) is 37.1 Å². The van der Waals surface area contributed by atoms with Gasteiger partial charge in [-0.15, -0.1) is 0 Å². The first kappa shape index (κ1) is 15.4. The van der Waals surface area contributed by atoms with Gasteiger partial charge in [-0.3, -0.25) is 0 Å². The molecule has 1 aromatic rings. The molecular formula is C15H18ClFN2. The summed E-state index contributed by atoms with van der Waals surface area (Å²) in [6.07, 6.45) is 8.73. The number of halogens is 2. The number of anilines is 1. The maximum atomic E-state index is 13.2. The number of rotatable bonds is 5. The molecule has 1 heterocycles. The second kappa shape index (κ2) is 7.74. The van der Waals surface area contributed by atoms with Crippen molar-refractivity contribution in [2.75, 3.05) is 12.4 Å². The average molecular weight is 281 g/mol. The first-order valence-corrected chi connectivity index (χ1v) is 6.50. The van der Waals surface area contributed by atoms with Crippen molar-refractivity contribution < 1.29 is 4.39 Å². The van der Waals surface area contributed by atoms with Crippen molar-refractivity contribution in [2.45, 2.75) is 20.3 Å². The van der Waals surface area contributed by atoms with E-state index in [1.165, 1.54) is 12.2 Å². The molecule has 1 aromatic heterocycles. The first-order chi connectivity index (χ1) is 9.08. The molecule has 0 aliphatic rings. The van der Waals surface area contributed by atoms with Gasteiger partial charge in [-0.25, -0.2) is 9.37 Å². The molecule has 4 heteroatoms. The zero-order valence-corrected chi connectivity index (χ0v) is 12.1. The minimum atomic E-state index is -0.233. The van der Waals surface area contributed by atoms with E-state index in [1.807, 2.05) is 26.0 Å². The Bertz CT molecular complexity index is 519. The van der Waals surface area contributed by atoms with E-state index in [4.69, 9.17) is 11.6 Å². The second-order valence-corrected chi connectivity index (χ2v) is 4.41. The normalized spacial score (nSPS) is 13.1. The Balaban J connectivity index is 2.93. The van der Waals surface area contributed by atoms with Crippen molar-refractivity contribution >= 4 is 23.0 Å². The van der Waals surface area contributed by atoms with Gasteiger partial charge in [-0.1, -0.05) is 30.7 Å². The standard InChI is InChI=1S/C15H18ClFN2/c1-4-6-12(17)8-5-7-11(2)13-9-15(18-3)19-10-14(13)16/h5-10H,4H2,1-3H3,(H,18,19)/b8-5-,11-7+,12-6-. The SMILES string of the molecule is CC/C=C(F)/C=C\C=C(/C)c1cc(NC)ncc1Cl. The summed E-state index contributed by atoms with van der Waals surface area (Å²) in [5.41, 5.74) is 1.83. The summed E-state index contributed by atoms with van der Waals surface area (Å²) < 4.78 is 13.2. The molecule has 19 heavy (non-hydrogen) atoms. The summed E-state index contributed by atoms with van der Waals surface area (Å²) in [5, 5.41) is 3.53. The van der Waals surface area contributed by atoms with Crippen LogP contribution in [0.1, 0.15) is 25.8 Å². The number of nitrogens with one attached hydrogen (secondary N) is 1. The summed E-state index contributed by atoms with van der Waals surface area (Å²) >= 11 is 6.10. The number of hydrogen-bond donors (Lipinski definition) is 1. The smallest absolute Gasteiger partial charge is 0.126 e. The Labute approximate surface area is 118 Å². The van der Waals surface area contributed by atoms with Crippen molar-refractivity contribution in [1.82, 2.24) is 4.98 Å². The van der Waals surface area contributed by atoms with Crippen molar-refractivity contribution in [3.63, 3.8) is 0 Å². The van der Waals surface area contributed by atoms with Crippen molar-refractivity contribution in [2.24, 2.45) is 0 Å². The molecule has 102 valence electrons. The number of pyridine rings is 1. The highest BCUT2D eigenvalue weighted by Gasteiger charge is 2.03. The lowest BCUT2D eigenvalue weighted by Crippen LogP contribution is -1.93. The molecular weight excluding hydrogens is 263 g/mol. The monoisotopic (exact) mass is 280 g/mol. The summed E-state index contributed by atoms with van der Waals surface area (Å²) in [7, 11) is 1.80. The predicted octanol–water partition coefficient (Wildman–Crippen LogP) is 5.00. The molecule has 0 aromatic carbocycles. The minimum Gasteiger partial charge on any atom is -0.373 e. The molecule has 0 spiro atoms. The molecule has 1 N–H and O–H groups in total. The van der Waals surface area contributed by atoms with E-state index in [-0.39, 0.29) is 5.83 Å². The summed E-state index contributed by atoms with van der Waals surface area (Å²) in [6, 6.07) is 1.86. The maximum Gasteiger partial charge on any atom is 0.126 e. The van der Waals surface area contributed by atoms with Crippen LogP contribution in [0.25, 0.3) is 5.57 Å². The Morgan fingerprint density at radius 3 is 2.89 bits per heavy atom. The average Bonchev–Trinajstić information content (AvgIpc) is 2.39. The van der Waals surface area contributed by atoms with Crippen LogP contribution in [0.3, 0.4) is 0 Å². The number of nitrogens with zero attached hydrogens (tertiary/aromatic N) is 1. The van der Waals surface area contributed by atoms with Crippen LogP contribution in [0, 0.1) is 0 Å². The van der Waals surface area contributed by atoms with Crippen LogP contribution in [-0.4, -0.2) is 12.0 Å². The van der Waals surface area contributed by atoms with E-state index in [0.717, 1.165) is 17.0 Å². The zero-order valence-electron chi connectivity index (χ0n) is 11.4. The number of hydrogen-bond acceptors (Lipinski definition) is 2. The lowest BCUT2D eigenvalue weighted by Gasteiger charge is -2.06. The topological polar surface area (TPSA) is 24.9 Å². The van der Waals surface area contributed by atoms with Crippen LogP contribution in [0.4, 0.5) is 10.2 Å². The Kier molecular flexibility index (Phi) is 6.30. The van der Waals surface area contributed by atoms with Gasteiger partial charge < -0.3 is 5.32 Å². The van der Waals surface area contributed by atoms with Crippen LogP contribution >= 0.6 is 11.6 Å². The number of allylic oxidation sites excluding steroid dienone is 6. The van der Waals surface area contributed by atoms with Crippen molar-refractivity contribution in [3.8, 4) is 0 Å². The van der Waals surface area contributed by atoms with Crippen LogP contribution in [0.2, 0.25) is 5.02 Å². The highest BCUT2D eigenvalue weighted by molar-refractivity contribution is 6.32. The molecule has 0 radical (unpaired) electrons. The molecule has 2 nitrogen and oxygen atoms in total. The Morgan fingerprint density at radius 2 is 2.26 bits per heavy atom. The lowest BCUT2D eigenvalue weighted by atomic mass is 10.1. The van der Waals surface area contributed by atoms with Crippen molar-refractivity contribution in [3.05, 3.63) is 53.0 Å². The second-order valence-electron chi connectivity index (χ2n) is 4.01. The van der Waals surface area contributed by atoms with E-state index in [2.05, 4.69) is 10.3 Å². The molecule has 0 amide bonds. The van der Waals surface area contributed by atoms with Gasteiger partial charge in [-0.2, -0.15) is 0 Å². The Morgan fingerprint density at radius 1 is 1.53 bits per heavy atom. The molecule has 0 aliphatic carbocycles. The Hall–Kier alpha value is -1.61. The van der Waals surface area contributed by atoms with Crippen LogP contribution < -0.4 is 5.32 Å². The highest BCUT2D eigenvalue weighted by atomic mass is 35.5. The van der Waals surface area contributed by atoms with E-state index >= 15 is 0 Å². The fourth-order valence-electron chi connectivity index (χ4n) is 1.51. The third-order valence-electron chi connectivity index (χ3n) is 2.54. The van der Waals surface area contributed by atoms with Gasteiger partial charge in [0.15, 0.2) is 0 Å². The molecule has 0 atom stereocenters. The van der Waals surface area contributed by atoms with Crippen molar-refractivity contribution in [1.29, 1.82) is 0 Å². The molecule has 0 bridgehead atoms. The molecule has 0 fully saturated rings. The van der Waals surface area contributed by atoms with E-state index in [1.54, 1.807) is 19.3 Å². The molecule has 0 aliphatic heterocycles. The maximum absolute atomic E-state index is 13.2. The fraction of sp³-hybridized carbons (Fsp3) is 0.267. The van der Waals surface area contributed by atoms with E-state index < -0.39 is 0 Å². The zero-order chi connectivity index (χ0) is 14.3. The predicted molar refractivity (Wildman–Crippen MR) is 81.1 cm³/mol. The van der Waals surface area contributed by atoms with Crippen LogP contribution in [0.5, 0.6) is 0 Å². The summed E-state index contributed by atoms with van der Waals surface area (Å²) in [6.45, 7) is 3.82. The molecule has 0 saturated heterocycles. The largest absolute Gasteiger partial charge is 0.373 e. The van der Waals surface area contributed by atoms with Crippen LogP contribution in [0.15, 0.2) is 42.4 Å². The van der Waals surface area contributed by atoms with Gasteiger partial charge in [0.25, 0.3) is 0 Å². The van der Waals surface area contributed by atoms with Gasteiger partial charge >= 0.3 is 0 Å². The number of aromatic nitrogens is 1. The van der Waals surface area contributed by atoms with Gasteiger partial charge in [0, 0.05) is 18.8 Å². The quantitative estimate of drug-likeness (QED) is 0.768. The molecule has 1 rings (SSSR count). The third kappa shape index (κ3) is 4.87. The third-order valence-corrected chi connectivity index (χ3v) is 2.84. The molecule has 0 unspecified atom stereocenters.